The lowest BCUT2D eigenvalue weighted by molar-refractivity contribution is 0.259. The topological polar surface area (TPSA) is 67.5 Å². The third-order valence-corrected chi connectivity index (χ3v) is 1.82. The molecular weight excluding hydrogens is 234 g/mol. The van der Waals surface area contributed by atoms with Crippen LogP contribution in [0.5, 0.6) is 0 Å². The Morgan fingerprint density at radius 3 is 2.62 bits per heavy atom. The number of carbonyl (C=O) groups is 1. The molecule has 0 aliphatic heterocycles. The molecule has 68 valence electrons. The second kappa shape index (κ2) is 4.61. The van der Waals surface area contributed by atoms with Crippen LogP contribution in [-0.2, 0) is 0 Å². The van der Waals surface area contributed by atoms with Crippen molar-refractivity contribution < 1.29 is 4.79 Å². The van der Waals surface area contributed by atoms with Crippen LogP contribution in [0, 0.1) is 0 Å². The van der Waals surface area contributed by atoms with Gasteiger partial charge in [-0.05, 0) is 24.3 Å². The highest BCUT2D eigenvalue weighted by molar-refractivity contribution is 9.10. The Labute approximate surface area is 84.0 Å². The lowest BCUT2D eigenvalue weighted by Crippen LogP contribution is -2.07. The number of nitrogens with two attached hydrogens (primary N) is 1. The largest absolute Gasteiger partial charge is 0.390 e. The minimum atomic E-state index is -0.482. The van der Waals surface area contributed by atoms with Gasteiger partial charge >= 0.3 is 6.03 Å². The van der Waals surface area contributed by atoms with Gasteiger partial charge in [0.15, 0.2) is 0 Å². The molecule has 5 heteroatoms. The van der Waals surface area contributed by atoms with E-state index >= 15 is 0 Å². The maximum absolute atomic E-state index is 10.9. The average molecular weight is 242 g/mol. The predicted molar refractivity (Wildman–Crippen MR) is 55.8 cm³/mol. The van der Waals surface area contributed by atoms with Crippen molar-refractivity contribution in [2.24, 2.45) is 10.7 Å². The summed E-state index contributed by atoms with van der Waals surface area (Å²) in [7, 11) is 0. The molecule has 1 aromatic rings. The second-order valence-corrected chi connectivity index (χ2v) is 3.13. The van der Waals surface area contributed by atoms with Gasteiger partial charge in [-0.3, -0.25) is 0 Å². The molecule has 13 heavy (non-hydrogen) atoms. The summed E-state index contributed by atoms with van der Waals surface area (Å²) in [6.07, 6.45) is 0.953. The van der Waals surface area contributed by atoms with Gasteiger partial charge in [-0.25, -0.2) is 4.79 Å². The van der Waals surface area contributed by atoms with E-state index in [2.05, 4.69) is 26.2 Å². The first-order chi connectivity index (χ1) is 6.22. The van der Waals surface area contributed by atoms with E-state index in [1.165, 1.54) is 0 Å². The summed E-state index contributed by atoms with van der Waals surface area (Å²) in [5, 5.41) is 2.53. The number of urea groups is 1. The molecule has 2 amide bonds. The number of amides is 2. The molecule has 0 spiro atoms. The summed E-state index contributed by atoms with van der Waals surface area (Å²) in [6.45, 7) is 0. The summed E-state index contributed by atoms with van der Waals surface area (Å²) < 4.78 is 0.952. The molecule has 0 heterocycles. The van der Waals surface area contributed by atoms with Gasteiger partial charge in [-0.15, -0.1) is 0 Å². The van der Waals surface area contributed by atoms with Gasteiger partial charge in [0, 0.05) is 10.2 Å². The fraction of sp³-hybridized carbons (Fsp3) is 0. The molecule has 0 fully saturated rings. The van der Waals surface area contributed by atoms with E-state index in [1.807, 2.05) is 12.1 Å². The van der Waals surface area contributed by atoms with E-state index in [9.17, 15) is 4.79 Å². The van der Waals surface area contributed by atoms with E-state index in [0.717, 1.165) is 10.8 Å². The first-order valence-electron chi connectivity index (χ1n) is 3.53. The summed E-state index contributed by atoms with van der Waals surface area (Å²) in [5.41, 5.74) is 5.63. The molecule has 0 radical (unpaired) electrons. The van der Waals surface area contributed by atoms with Crippen molar-refractivity contribution in [1.29, 1.82) is 0 Å². The number of carbonyl (C=O) groups excluding carboxylic acids is 1. The number of hydrogen-bond donors (Lipinski definition) is 2. The van der Waals surface area contributed by atoms with Crippen molar-refractivity contribution in [1.82, 2.24) is 0 Å². The van der Waals surface area contributed by atoms with Gasteiger partial charge in [0.05, 0.1) is 6.34 Å². The molecule has 0 saturated carbocycles. The van der Waals surface area contributed by atoms with Crippen LogP contribution in [0.25, 0.3) is 0 Å². The summed E-state index contributed by atoms with van der Waals surface area (Å²) in [5.74, 6) is 0. The zero-order chi connectivity index (χ0) is 9.68. The molecule has 0 bridgehead atoms. The molecule has 0 saturated heterocycles. The molecular formula is C8H8BrN3O. The van der Waals surface area contributed by atoms with Crippen molar-refractivity contribution >= 4 is 34.0 Å². The molecule has 1 aromatic carbocycles. The summed E-state index contributed by atoms with van der Waals surface area (Å²) >= 11 is 3.28. The van der Waals surface area contributed by atoms with Gasteiger partial charge in [-0.2, -0.15) is 4.99 Å². The van der Waals surface area contributed by atoms with Crippen molar-refractivity contribution in [3.8, 4) is 0 Å². The Morgan fingerprint density at radius 1 is 1.46 bits per heavy atom. The quantitative estimate of drug-likeness (QED) is 0.583. The van der Waals surface area contributed by atoms with Crippen LogP contribution in [0.3, 0.4) is 0 Å². The number of nitrogens with zero attached hydrogens (tertiary/aromatic N) is 1. The lowest BCUT2D eigenvalue weighted by Gasteiger charge is -2.00. The number of rotatable bonds is 1. The molecule has 1 rings (SSSR count). The SMILES string of the molecule is NC=NC(=O)Nc1ccc(Br)cc1. The third-order valence-electron chi connectivity index (χ3n) is 1.29. The van der Waals surface area contributed by atoms with Crippen LogP contribution in [0.2, 0.25) is 0 Å². The molecule has 0 unspecified atom stereocenters. The Bertz CT molecular complexity index is 321. The van der Waals surface area contributed by atoms with Gasteiger partial charge in [0.25, 0.3) is 0 Å². The van der Waals surface area contributed by atoms with Gasteiger partial charge in [0.2, 0.25) is 0 Å². The number of halogens is 1. The standard InChI is InChI=1S/C8H8BrN3O/c9-6-1-3-7(4-2-6)12-8(13)11-5-10/h1-5H,(H3,10,11,12,13). The fourth-order valence-electron chi connectivity index (χ4n) is 0.757. The number of hydrogen-bond acceptors (Lipinski definition) is 1. The fourth-order valence-corrected chi connectivity index (χ4v) is 1.02. The summed E-state index contributed by atoms with van der Waals surface area (Å²) in [4.78, 5) is 14.2. The Morgan fingerprint density at radius 2 is 2.08 bits per heavy atom. The van der Waals surface area contributed by atoms with Crippen molar-refractivity contribution in [3.63, 3.8) is 0 Å². The minimum absolute atomic E-state index is 0.482. The molecule has 0 aromatic heterocycles. The van der Waals surface area contributed by atoms with Crippen LogP contribution in [0.1, 0.15) is 0 Å². The normalized spacial score (nSPS) is 10.2. The molecule has 0 aliphatic carbocycles. The van der Waals surface area contributed by atoms with Crippen molar-refractivity contribution in [3.05, 3.63) is 28.7 Å². The summed E-state index contributed by atoms with van der Waals surface area (Å²) in [6, 6.07) is 6.68. The maximum atomic E-state index is 10.9. The number of nitrogens with one attached hydrogen (secondary N) is 1. The zero-order valence-corrected chi connectivity index (χ0v) is 8.28. The van der Waals surface area contributed by atoms with Gasteiger partial charge < -0.3 is 11.1 Å². The molecule has 3 N–H and O–H groups in total. The van der Waals surface area contributed by atoms with Crippen molar-refractivity contribution in [2.45, 2.75) is 0 Å². The predicted octanol–water partition coefficient (Wildman–Crippen LogP) is 1.97. The number of aliphatic imine (C=N–C) groups is 1. The van der Waals surface area contributed by atoms with Crippen LogP contribution in [0.15, 0.2) is 33.7 Å². The minimum Gasteiger partial charge on any atom is -0.390 e. The van der Waals surface area contributed by atoms with E-state index in [1.54, 1.807) is 12.1 Å². The van der Waals surface area contributed by atoms with Crippen LogP contribution >= 0.6 is 15.9 Å². The highest BCUT2D eigenvalue weighted by Gasteiger charge is 1.97. The third kappa shape index (κ3) is 3.25. The molecule has 4 nitrogen and oxygen atoms in total. The monoisotopic (exact) mass is 241 g/mol. The first-order valence-corrected chi connectivity index (χ1v) is 4.32. The van der Waals surface area contributed by atoms with E-state index in [4.69, 9.17) is 5.73 Å². The first kappa shape index (κ1) is 9.73. The van der Waals surface area contributed by atoms with Crippen LogP contribution in [-0.4, -0.2) is 12.4 Å². The molecule has 0 atom stereocenters. The Kier molecular flexibility index (Phi) is 3.45. The average Bonchev–Trinajstić information content (AvgIpc) is 2.09. The second-order valence-electron chi connectivity index (χ2n) is 2.22. The number of benzene rings is 1. The highest BCUT2D eigenvalue weighted by atomic mass is 79.9. The van der Waals surface area contributed by atoms with Crippen LogP contribution < -0.4 is 11.1 Å². The lowest BCUT2D eigenvalue weighted by atomic mass is 10.3. The Balaban J connectivity index is 2.64. The maximum Gasteiger partial charge on any atom is 0.346 e. The zero-order valence-electron chi connectivity index (χ0n) is 6.70. The van der Waals surface area contributed by atoms with Gasteiger partial charge in [-0.1, -0.05) is 15.9 Å². The number of anilines is 1. The van der Waals surface area contributed by atoms with Crippen LogP contribution in [0.4, 0.5) is 10.5 Å². The van der Waals surface area contributed by atoms with E-state index in [-0.39, 0.29) is 0 Å². The van der Waals surface area contributed by atoms with Crippen molar-refractivity contribution in [2.75, 3.05) is 5.32 Å². The van der Waals surface area contributed by atoms with Gasteiger partial charge in [0.1, 0.15) is 0 Å². The molecule has 0 aliphatic rings. The van der Waals surface area contributed by atoms with E-state index in [0.29, 0.717) is 5.69 Å². The Hall–Kier alpha value is -1.36. The highest BCUT2D eigenvalue weighted by Crippen LogP contribution is 2.13. The smallest absolute Gasteiger partial charge is 0.346 e. The van der Waals surface area contributed by atoms with E-state index < -0.39 is 6.03 Å².